The van der Waals surface area contributed by atoms with Crippen LogP contribution in [0.2, 0.25) is 0 Å². The maximum atomic E-state index is 11.6. The molecule has 4 unspecified atom stereocenters. The first kappa shape index (κ1) is 17.2. The summed E-state index contributed by atoms with van der Waals surface area (Å²) < 4.78 is 0. The van der Waals surface area contributed by atoms with E-state index >= 15 is 0 Å². The van der Waals surface area contributed by atoms with Crippen LogP contribution in [0.4, 0.5) is 0 Å². The van der Waals surface area contributed by atoms with E-state index < -0.39 is 40.3 Å². The van der Waals surface area contributed by atoms with E-state index in [4.69, 9.17) is 0 Å². The van der Waals surface area contributed by atoms with Gasteiger partial charge in [0.25, 0.3) is 0 Å². The van der Waals surface area contributed by atoms with Gasteiger partial charge < -0.3 is 25.5 Å². The Balaban J connectivity index is 1.76. The quantitative estimate of drug-likeness (QED) is 0.452. The molecule has 0 aliphatic heterocycles. The molecular weight excluding hydrogens is 308 g/mol. The molecule has 0 bridgehead atoms. The third kappa shape index (κ3) is 1.78. The zero-order valence-electron chi connectivity index (χ0n) is 14.8. The predicted molar refractivity (Wildman–Crippen MR) is 88.1 cm³/mol. The summed E-state index contributed by atoms with van der Waals surface area (Å²) in [6, 6.07) is 0. The third-order valence-electron chi connectivity index (χ3n) is 8.98. The number of hydrogen-bond donors (Lipinski definition) is 5. The van der Waals surface area contributed by atoms with E-state index in [1.165, 1.54) is 0 Å². The zero-order valence-corrected chi connectivity index (χ0v) is 14.8. The van der Waals surface area contributed by atoms with Crippen molar-refractivity contribution in [3.63, 3.8) is 0 Å². The van der Waals surface area contributed by atoms with Gasteiger partial charge in [-0.1, -0.05) is 13.8 Å². The second kappa shape index (κ2) is 4.95. The van der Waals surface area contributed by atoms with Gasteiger partial charge in [0.15, 0.2) is 0 Å². The van der Waals surface area contributed by atoms with Crippen LogP contribution < -0.4 is 0 Å². The average molecular weight is 340 g/mol. The Kier molecular flexibility index (Phi) is 3.55. The first-order valence-electron chi connectivity index (χ1n) is 9.57. The summed E-state index contributed by atoms with van der Waals surface area (Å²) in [6.07, 6.45) is 2.62. The van der Waals surface area contributed by atoms with E-state index in [1.807, 2.05) is 13.8 Å². The lowest BCUT2D eigenvalue weighted by molar-refractivity contribution is -0.291. The minimum Gasteiger partial charge on any atom is -0.393 e. The Bertz CT molecular complexity index is 540. The summed E-state index contributed by atoms with van der Waals surface area (Å²) in [6.45, 7) is 4.03. The van der Waals surface area contributed by atoms with E-state index in [0.717, 1.165) is 12.8 Å². The van der Waals surface area contributed by atoms with Crippen molar-refractivity contribution in [3.8, 4) is 0 Å². The van der Waals surface area contributed by atoms with Crippen molar-refractivity contribution in [2.45, 2.75) is 94.7 Å². The molecule has 0 spiro atoms. The van der Waals surface area contributed by atoms with Crippen molar-refractivity contribution >= 4 is 0 Å². The van der Waals surface area contributed by atoms with E-state index in [2.05, 4.69) is 0 Å². The lowest BCUT2D eigenvalue weighted by atomic mass is 9.41. The maximum absolute atomic E-state index is 11.6. The molecule has 4 aliphatic carbocycles. The second-order valence-electron chi connectivity index (χ2n) is 9.64. The van der Waals surface area contributed by atoms with Gasteiger partial charge in [-0.05, 0) is 56.8 Å². The van der Waals surface area contributed by atoms with Gasteiger partial charge in [-0.25, -0.2) is 0 Å². The maximum Gasteiger partial charge on any atom is 0.0985 e. The first-order chi connectivity index (χ1) is 11.1. The molecule has 4 fully saturated rings. The average Bonchev–Trinajstić information content (AvgIpc) is 2.75. The number of aliphatic hydroxyl groups is 5. The summed E-state index contributed by atoms with van der Waals surface area (Å²) in [5.41, 5.74) is -3.28. The molecule has 9 atom stereocenters. The third-order valence-corrected chi connectivity index (χ3v) is 8.98. The van der Waals surface area contributed by atoms with Crippen LogP contribution in [0.5, 0.6) is 0 Å². The standard InChI is InChI=1S/C19H32O5/c1-16-6-3-11(20)10-19(16,24)15(22)9-13-12(16)4-7-17(2)14(21)5-8-18(13,17)23/h11-15,20-24H,3-10H2,1-2H3/t11?,12-,13-,14?,15?,16-,17-,18-,19?/m1/s1. The molecule has 4 saturated carbocycles. The molecule has 0 amide bonds. The van der Waals surface area contributed by atoms with Crippen LogP contribution >= 0.6 is 0 Å². The SMILES string of the molecule is C[C@]12CCC(O)CC1(O)C(O)C[C@@H]1[C@H]2CC[C@]2(C)C(O)CC[C@@]12O. The molecule has 0 aromatic heterocycles. The van der Waals surface area contributed by atoms with Gasteiger partial charge in [-0.2, -0.15) is 0 Å². The molecule has 4 rings (SSSR count). The first-order valence-corrected chi connectivity index (χ1v) is 9.57. The molecule has 4 aliphatic rings. The highest BCUT2D eigenvalue weighted by atomic mass is 16.3. The van der Waals surface area contributed by atoms with E-state index in [-0.39, 0.29) is 18.3 Å². The summed E-state index contributed by atoms with van der Waals surface area (Å²) in [7, 11) is 0. The molecule has 0 saturated heterocycles. The largest absolute Gasteiger partial charge is 0.393 e. The Morgan fingerprint density at radius 3 is 2.08 bits per heavy atom. The Morgan fingerprint density at radius 1 is 0.708 bits per heavy atom. The van der Waals surface area contributed by atoms with Crippen molar-refractivity contribution in [3.05, 3.63) is 0 Å². The summed E-state index contributed by atoms with van der Waals surface area (Å²) >= 11 is 0. The molecular formula is C19H32O5. The second-order valence-corrected chi connectivity index (χ2v) is 9.64. The smallest absolute Gasteiger partial charge is 0.0985 e. The van der Waals surface area contributed by atoms with Crippen molar-refractivity contribution < 1.29 is 25.5 Å². The molecule has 24 heavy (non-hydrogen) atoms. The number of hydrogen-bond acceptors (Lipinski definition) is 5. The van der Waals surface area contributed by atoms with E-state index in [1.54, 1.807) is 0 Å². The summed E-state index contributed by atoms with van der Waals surface area (Å²) in [5, 5.41) is 54.3. The highest BCUT2D eigenvalue weighted by molar-refractivity contribution is 5.21. The van der Waals surface area contributed by atoms with Gasteiger partial charge in [0.2, 0.25) is 0 Å². The fourth-order valence-electron chi connectivity index (χ4n) is 7.19. The molecule has 0 aromatic rings. The minimum absolute atomic E-state index is 0.107. The highest BCUT2D eigenvalue weighted by Crippen LogP contribution is 2.68. The Hall–Kier alpha value is -0.200. The number of rotatable bonds is 0. The zero-order chi connectivity index (χ0) is 17.5. The van der Waals surface area contributed by atoms with Crippen molar-refractivity contribution in [2.24, 2.45) is 22.7 Å². The lowest BCUT2D eigenvalue weighted by Gasteiger charge is -2.66. The summed E-state index contributed by atoms with van der Waals surface area (Å²) in [5.74, 6) is 0.00527. The van der Waals surface area contributed by atoms with Gasteiger partial charge in [-0.15, -0.1) is 0 Å². The number of aliphatic hydroxyl groups excluding tert-OH is 3. The van der Waals surface area contributed by atoms with Crippen LogP contribution in [0.25, 0.3) is 0 Å². The van der Waals surface area contributed by atoms with Crippen molar-refractivity contribution in [2.75, 3.05) is 0 Å². The minimum atomic E-state index is -1.28. The number of fused-ring (bicyclic) bond motifs is 5. The van der Waals surface area contributed by atoms with Crippen LogP contribution in [0.1, 0.15) is 65.2 Å². The van der Waals surface area contributed by atoms with Crippen molar-refractivity contribution in [1.29, 1.82) is 0 Å². The molecule has 0 radical (unpaired) electrons. The topological polar surface area (TPSA) is 101 Å². The fraction of sp³-hybridized carbons (Fsp3) is 1.00. The highest BCUT2D eigenvalue weighted by Gasteiger charge is 2.71. The molecule has 0 aromatic carbocycles. The fourth-order valence-corrected chi connectivity index (χ4v) is 7.19. The monoisotopic (exact) mass is 340 g/mol. The van der Waals surface area contributed by atoms with Gasteiger partial charge >= 0.3 is 0 Å². The predicted octanol–water partition coefficient (Wildman–Crippen LogP) is 0.952. The lowest BCUT2D eigenvalue weighted by Crippen LogP contribution is -2.72. The van der Waals surface area contributed by atoms with Gasteiger partial charge in [0.1, 0.15) is 0 Å². The van der Waals surface area contributed by atoms with Crippen LogP contribution in [0.3, 0.4) is 0 Å². The van der Waals surface area contributed by atoms with Crippen molar-refractivity contribution in [1.82, 2.24) is 0 Å². The normalized spacial score (nSPS) is 63.4. The van der Waals surface area contributed by atoms with Crippen LogP contribution in [-0.2, 0) is 0 Å². The summed E-state index contributed by atoms with van der Waals surface area (Å²) in [4.78, 5) is 0. The Labute approximate surface area is 143 Å². The van der Waals surface area contributed by atoms with Crippen LogP contribution in [0.15, 0.2) is 0 Å². The van der Waals surface area contributed by atoms with E-state index in [9.17, 15) is 25.5 Å². The molecule has 5 nitrogen and oxygen atoms in total. The van der Waals surface area contributed by atoms with Crippen LogP contribution in [-0.4, -0.2) is 55.0 Å². The van der Waals surface area contributed by atoms with Gasteiger partial charge in [0, 0.05) is 17.3 Å². The van der Waals surface area contributed by atoms with Gasteiger partial charge in [-0.3, -0.25) is 0 Å². The molecule has 138 valence electrons. The van der Waals surface area contributed by atoms with Gasteiger partial charge in [0.05, 0.1) is 29.5 Å². The molecule has 5 N–H and O–H groups in total. The molecule has 0 heterocycles. The Morgan fingerprint density at radius 2 is 1.38 bits per heavy atom. The van der Waals surface area contributed by atoms with E-state index in [0.29, 0.717) is 32.1 Å². The molecule has 5 heteroatoms. The van der Waals surface area contributed by atoms with Crippen LogP contribution in [0, 0.1) is 22.7 Å².